The molecule has 0 amide bonds. The van der Waals surface area contributed by atoms with Gasteiger partial charge in [0.2, 0.25) is 0 Å². The lowest BCUT2D eigenvalue weighted by molar-refractivity contribution is -0.0712. The predicted molar refractivity (Wildman–Crippen MR) is 45.8 cm³/mol. The summed E-state index contributed by atoms with van der Waals surface area (Å²) in [6, 6.07) is 0. The summed E-state index contributed by atoms with van der Waals surface area (Å²) in [7, 11) is 0. The third kappa shape index (κ3) is 3.52. The van der Waals surface area contributed by atoms with Crippen LogP contribution in [-0.2, 0) is 9.47 Å². The van der Waals surface area contributed by atoms with Gasteiger partial charge in [0.1, 0.15) is 0 Å². The third-order valence-electron chi connectivity index (χ3n) is 2.05. The smallest absolute Gasteiger partial charge is 0.160 e. The van der Waals surface area contributed by atoms with Crippen molar-refractivity contribution in [1.82, 2.24) is 0 Å². The van der Waals surface area contributed by atoms with Gasteiger partial charge in [0.05, 0.1) is 19.3 Å². The maximum absolute atomic E-state index is 9.48. The highest BCUT2D eigenvalue weighted by molar-refractivity contribution is 4.61. The van der Waals surface area contributed by atoms with E-state index in [0.29, 0.717) is 19.6 Å². The average molecular weight is 174 g/mol. The van der Waals surface area contributed by atoms with Crippen molar-refractivity contribution >= 4 is 0 Å². The fourth-order valence-corrected chi connectivity index (χ4v) is 1.32. The first-order chi connectivity index (χ1) is 5.83. The fraction of sp³-hybridized carbons (Fsp3) is 1.00. The Labute approximate surface area is 73.7 Å². The number of unbranched alkanes of at least 4 members (excludes halogenated alkanes) is 1. The molecule has 1 aliphatic heterocycles. The minimum absolute atomic E-state index is 0.156. The molecule has 3 heteroatoms. The highest BCUT2D eigenvalue weighted by Gasteiger charge is 2.19. The standard InChI is InChI=1S/C9H18O3/c1-2-3-4-8(10)7-9-11-5-6-12-9/h8-10H,2-7H2,1H3. The molecule has 0 aromatic heterocycles. The molecule has 0 aliphatic carbocycles. The van der Waals surface area contributed by atoms with Crippen molar-refractivity contribution in [2.75, 3.05) is 13.2 Å². The molecule has 1 atom stereocenters. The lowest BCUT2D eigenvalue weighted by atomic mass is 10.1. The maximum Gasteiger partial charge on any atom is 0.160 e. The SMILES string of the molecule is CCCCC(O)CC1OCCO1. The second-order valence-corrected chi connectivity index (χ2v) is 3.20. The van der Waals surface area contributed by atoms with Crippen LogP contribution in [0.4, 0.5) is 0 Å². The van der Waals surface area contributed by atoms with E-state index in [-0.39, 0.29) is 12.4 Å². The minimum Gasteiger partial charge on any atom is -0.393 e. The van der Waals surface area contributed by atoms with Gasteiger partial charge in [-0.3, -0.25) is 0 Å². The molecule has 0 aromatic rings. The summed E-state index contributed by atoms with van der Waals surface area (Å²) in [5.41, 5.74) is 0. The van der Waals surface area contributed by atoms with Crippen LogP contribution in [0.2, 0.25) is 0 Å². The quantitative estimate of drug-likeness (QED) is 0.682. The molecule has 0 bridgehead atoms. The summed E-state index contributed by atoms with van der Waals surface area (Å²) < 4.78 is 10.4. The molecule has 1 aliphatic rings. The van der Waals surface area contributed by atoms with E-state index < -0.39 is 0 Å². The van der Waals surface area contributed by atoms with Crippen LogP contribution < -0.4 is 0 Å². The van der Waals surface area contributed by atoms with Gasteiger partial charge in [0.15, 0.2) is 6.29 Å². The van der Waals surface area contributed by atoms with Gasteiger partial charge >= 0.3 is 0 Å². The van der Waals surface area contributed by atoms with Crippen LogP contribution in [0.25, 0.3) is 0 Å². The van der Waals surface area contributed by atoms with Crippen molar-refractivity contribution in [3.63, 3.8) is 0 Å². The Bertz CT molecular complexity index is 110. The van der Waals surface area contributed by atoms with Crippen LogP contribution in [0.1, 0.15) is 32.6 Å². The second kappa shape index (κ2) is 5.51. The summed E-state index contributed by atoms with van der Waals surface area (Å²) in [6.45, 7) is 3.46. The summed E-state index contributed by atoms with van der Waals surface area (Å²) in [5, 5.41) is 9.48. The van der Waals surface area contributed by atoms with Crippen molar-refractivity contribution in [2.24, 2.45) is 0 Å². The van der Waals surface area contributed by atoms with E-state index in [9.17, 15) is 5.11 Å². The molecule has 0 spiro atoms. The summed E-state index contributed by atoms with van der Waals surface area (Å²) in [4.78, 5) is 0. The molecule has 0 radical (unpaired) electrons. The maximum atomic E-state index is 9.48. The first-order valence-electron chi connectivity index (χ1n) is 4.74. The zero-order valence-electron chi connectivity index (χ0n) is 7.66. The molecular formula is C9H18O3. The molecule has 1 fully saturated rings. The van der Waals surface area contributed by atoms with E-state index in [0.717, 1.165) is 19.3 Å². The van der Waals surface area contributed by atoms with Gasteiger partial charge in [-0.15, -0.1) is 0 Å². The first-order valence-corrected chi connectivity index (χ1v) is 4.74. The molecule has 1 saturated heterocycles. The van der Waals surface area contributed by atoms with E-state index in [1.54, 1.807) is 0 Å². The van der Waals surface area contributed by atoms with Crippen LogP contribution in [0.3, 0.4) is 0 Å². The molecule has 0 saturated carbocycles. The van der Waals surface area contributed by atoms with Crippen LogP contribution >= 0.6 is 0 Å². The average Bonchev–Trinajstić information content (AvgIpc) is 2.53. The van der Waals surface area contributed by atoms with Crippen LogP contribution in [0.5, 0.6) is 0 Å². The molecule has 72 valence electrons. The number of aliphatic hydroxyl groups is 1. The second-order valence-electron chi connectivity index (χ2n) is 3.20. The number of ether oxygens (including phenoxy) is 2. The van der Waals surface area contributed by atoms with E-state index in [4.69, 9.17) is 9.47 Å². The summed E-state index contributed by atoms with van der Waals surface area (Å²) in [5.74, 6) is 0. The first kappa shape index (κ1) is 9.96. The van der Waals surface area contributed by atoms with Crippen molar-refractivity contribution in [2.45, 2.75) is 45.0 Å². The zero-order chi connectivity index (χ0) is 8.81. The topological polar surface area (TPSA) is 38.7 Å². The van der Waals surface area contributed by atoms with E-state index >= 15 is 0 Å². The minimum atomic E-state index is -0.256. The lowest BCUT2D eigenvalue weighted by Crippen LogP contribution is -2.18. The number of rotatable bonds is 5. The highest BCUT2D eigenvalue weighted by Crippen LogP contribution is 2.13. The van der Waals surface area contributed by atoms with Gasteiger partial charge in [-0.25, -0.2) is 0 Å². The van der Waals surface area contributed by atoms with Gasteiger partial charge in [0.25, 0.3) is 0 Å². The Morgan fingerprint density at radius 2 is 2.08 bits per heavy atom. The van der Waals surface area contributed by atoms with Crippen molar-refractivity contribution in [3.8, 4) is 0 Å². The van der Waals surface area contributed by atoms with Crippen LogP contribution in [0, 0.1) is 0 Å². The number of hydrogen-bond donors (Lipinski definition) is 1. The molecule has 3 nitrogen and oxygen atoms in total. The van der Waals surface area contributed by atoms with Gasteiger partial charge in [-0.2, -0.15) is 0 Å². The Morgan fingerprint density at radius 1 is 1.42 bits per heavy atom. The van der Waals surface area contributed by atoms with Crippen molar-refractivity contribution in [3.05, 3.63) is 0 Å². The highest BCUT2D eigenvalue weighted by atomic mass is 16.7. The summed E-state index contributed by atoms with van der Waals surface area (Å²) in [6.07, 6.45) is 3.28. The van der Waals surface area contributed by atoms with Gasteiger partial charge in [-0.1, -0.05) is 19.8 Å². The molecule has 1 heterocycles. The Hall–Kier alpha value is -0.120. The third-order valence-corrected chi connectivity index (χ3v) is 2.05. The predicted octanol–water partition coefficient (Wildman–Crippen LogP) is 1.30. The molecular weight excluding hydrogens is 156 g/mol. The van der Waals surface area contributed by atoms with Crippen molar-refractivity contribution < 1.29 is 14.6 Å². The molecule has 1 rings (SSSR count). The van der Waals surface area contributed by atoms with E-state index in [2.05, 4.69) is 6.92 Å². The van der Waals surface area contributed by atoms with Gasteiger partial charge < -0.3 is 14.6 Å². The Kier molecular flexibility index (Phi) is 4.58. The fourth-order valence-electron chi connectivity index (χ4n) is 1.32. The molecule has 1 N–H and O–H groups in total. The molecule has 1 unspecified atom stereocenters. The molecule has 12 heavy (non-hydrogen) atoms. The normalized spacial score (nSPS) is 21.5. The number of hydrogen-bond acceptors (Lipinski definition) is 3. The molecule has 0 aromatic carbocycles. The Morgan fingerprint density at radius 3 is 2.67 bits per heavy atom. The van der Waals surface area contributed by atoms with Crippen LogP contribution in [0.15, 0.2) is 0 Å². The van der Waals surface area contributed by atoms with E-state index in [1.165, 1.54) is 0 Å². The van der Waals surface area contributed by atoms with Crippen molar-refractivity contribution in [1.29, 1.82) is 0 Å². The number of aliphatic hydroxyl groups excluding tert-OH is 1. The lowest BCUT2D eigenvalue weighted by Gasteiger charge is -2.13. The zero-order valence-corrected chi connectivity index (χ0v) is 7.66. The largest absolute Gasteiger partial charge is 0.393 e. The van der Waals surface area contributed by atoms with Gasteiger partial charge in [0, 0.05) is 6.42 Å². The summed E-state index contributed by atoms with van der Waals surface area (Å²) >= 11 is 0. The van der Waals surface area contributed by atoms with E-state index in [1.807, 2.05) is 0 Å². The van der Waals surface area contributed by atoms with Crippen LogP contribution in [-0.4, -0.2) is 30.7 Å². The van der Waals surface area contributed by atoms with Gasteiger partial charge in [-0.05, 0) is 6.42 Å². The Balaban J connectivity index is 2.03. The monoisotopic (exact) mass is 174 g/mol.